The highest BCUT2D eigenvalue weighted by molar-refractivity contribution is 7.89. The fraction of sp³-hybridized carbons (Fsp3) is 0.391. The van der Waals surface area contributed by atoms with Crippen LogP contribution in [-0.4, -0.2) is 55.6 Å². The Hall–Kier alpha value is -2.60. The Morgan fingerprint density at radius 1 is 1.03 bits per heavy atom. The number of ketones is 2. The van der Waals surface area contributed by atoms with E-state index in [2.05, 4.69) is 10.6 Å². The summed E-state index contributed by atoms with van der Waals surface area (Å²) in [5.74, 6) is -3.81. The van der Waals surface area contributed by atoms with Crippen molar-refractivity contribution in [3.05, 3.63) is 52.6 Å². The first-order valence-electron chi connectivity index (χ1n) is 10.9. The average molecular weight is 528 g/mol. The molecule has 2 aromatic carbocycles. The summed E-state index contributed by atoms with van der Waals surface area (Å²) in [5, 5.41) is 16.2. The Labute approximate surface area is 206 Å². The summed E-state index contributed by atoms with van der Waals surface area (Å²) < 4.78 is 55.5. The monoisotopic (exact) mass is 527 g/mol. The van der Waals surface area contributed by atoms with Crippen LogP contribution in [0.2, 0.25) is 5.02 Å². The second-order valence-corrected chi connectivity index (χ2v) is 11.4. The molecule has 4 rings (SSSR count). The number of benzene rings is 2. The first-order valence-corrected chi connectivity index (χ1v) is 12.7. The van der Waals surface area contributed by atoms with Crippen LogP contribution in [-0.2, 0) is 25.2 Å². The van der Waals surface area contributed by atoms with E-state index in [0.29, 0.717) is 25.7 Å². The Balaban J connectivity index is 1.68. The lowest BCUT2D eigenvalue weighted by Crippen LogP contribution is -2.70. The zero-order chi connectivity index (χ0) is 25.7. The zero-order valence-corrected chi connectivity index (χ0v) is 20.5. The van der Waals surface area contributed by atoms with Crippen molar-refractivity contribution < 1.29 is 31.9 Å². The Morgan fingerprint density at radius 2 is 1.60 bits per heavy atom. The topological polar surface area (TPSA) is 116 Å². The van der Waals surface area contributed by atoms with Crippen LogP contribution in [0.25, 0.3) is 0 Å². The summed E-state index contributed by atoms with van der Waals surface area (Å²) in [6.07, 6.45) is 2.04. The number of phenols is 1. The molecule has 0 bridgehead atoms. The molecule has 2 aliphatic carbocycles. The highest BCUT2D eigenvalue weighted by Gasteiger charge is 2.54. The van der Waals surface area contributed by atoms with Gasteiger partial charge in [0.2, 0.25) is 21.6 Å². The largest absolute Gasteiger partial charge is 0.504 e. The van der Waals surface area contributed by atoms with Crippen molar-refractivity contribution in [2.75, 3.05) is 19.4 Å². The number of carbonyl (C=O) groups is 2. The summed E-state index contributed by atoms with van der Waals surface area (Å²) in [5.41, 5.74) is -1.51. The van der Waals surface area contributed by atoms with Gasteiger partial charge in [-0.15, -0.1) is 0 Å². The summed E-state index contributed by atoms with van der Waals surface area (Å²) in [7, 11) is -1.60. The van der Waals surface area contributed by atoms with Gasteiger partial charge in [0, 0.05) is 25.2 Å². The van der Waals surface area contributed by atoms with Gasteiger partial charge >= 0.3 is 0 Å². The maximum Gasteiger partial charge on any atom is 0.247 e. The summed E-state index contributed by atoms with van der Waals surface area (Å²) in [6, 6.07) is 3.70. The van der Waals surface area contributed by atoms with Crippen molar-refractivity contribution in [1.82, 2.24) is 9.62 Å². The maximum atomic E-state index is 14.7. The molecule has 0 aromatic heterocycles. The smallest absolute Gasteiger partial charge is 0.247 e. The Morgan fingerprint density at radius 3 is 2.17 bits per heavy atom. The van der Waals surface area contributed by atoms with E-state index in [4.69, 9.17) is 11.6 Å². The maximum absolute atomic E-state index is 14.7. The minimum Gasteiger partial charge on any atom is -0.504 e. The first-order chi connectivity index (χ1) is 16.4. The van der Waals surface area contributed by atoms with Gasteiger partial charge in [0.05, 0.1) is 10.7 Å². The molecule has 2 saturated carbocycles. The number of anilines is 1. The van der Waals surface area contributed by atoms with Crippen LogP contribution >= 0.6 is 11.6 Å². The van der Waals surface area contributed by atoms with Crippen LogP contribution in [0.4, 0.5) is 14.5 Å². The number of nitrogens with zero attached hydrogens (tertiary/aromatic N) is 1. The van der Waals surface area contributed by atoms with Crippen LogP contribution in [0, 0.1) is 11.6 Å². The first kappa shape index (κ1) is 25.5. The molecule has 2 fully saturated rings. The van der Waals surface area contributed by atoms with Gasteiger partial charge in [-0.1, -0.05) is 30.5 Å². The van der Waals surface area contributed by atoms with Crippen LogP contribution in [0.15, 0.2) is 35.2 Å². The van der Waals surface area contributed by atoms with Gasteiger partial charge < -0.3 is 10.4 Å². The third-order valence-corrected chi connectivity index (χ3v) is 8.92. The molecule has 2 aliphatic rings. The van der Waals surface area contributed by atoms with E-state index in [1.807, 2.05) is 0 Å². The fourth-order valence-electron chi connectivity index (χ4n) is 4.77. The number of hydrogen-bond acceptors (Lipinski definition) is 7. The number of hydrogen-bond donors (Lipinski definition) is 3. The quantitative estimate of drug-likeness (QED) is 0.374. The van der Waals surface area contributed by atoms with E-state index in [1.165, 1.54) is 32.3 Å². The van der Waals surface area contributed by atoms with Crippen molar-refractivity contribution >= 4 is 38.9 Å². The van der Waals surface area contributed by atoms with E-state index in [0.717, 1.165) is 16.4 Å². The lowest BCUT2D eigenvalue weighted by Gasteiger charge is -2.42. The van der Waals surface area contributed by atoms with E-state index < -0.39 is 61.5 Å². The van der Waals surface area contributed by atoms with E-state index >= 15 is 0 Å². The molecular formula is C23H24ClF2N3O5S. The standard InChI is InChI=1S/C23H24ClF2N3O5S/c1-29(2)35(33,34)22-12(24)8-9-15(19(22)30)27-17-18(21(32)20(17)31)28-23(10-3-4-11-23)16-13(25)6-5-7-14(16)26/h5-9,17-18,27-28,30H,3-4,10-11H2,1-2H3. The number of halogens is 3. The Kier molecular flexibility index (Phi) is 6.64. The number of aromatic hydroxyl groups is 1. The van der Waals surface area contributed by atoms with Gasteiger partial charge in [0.15, 0.2) is 5.75 Å². The molecule has 188 valence electrons. The molecule has 0 aliphatic heterocycles. The summed E-state index contributed by atoms with van der Waals surface area (Å²) in [6.45, 7) is 0. The molecule has 12 heteroatoms. The highest BCUT2D eigenvalue weighted by Crippen LogP contribution is 2.43. The number of nitrogens with one attached hydrogen (secondary N) is 2. The van der Waals surface area contributed by atoms with Crippen molar-refractivity contribution in [3.63, 3.8) is 0 Å². The molecule has 2 unspecified atom stereocenters. The van der Waals surface area contributed by atoms with Gasteiger partial charge in [0.1, 0.15) is 28.6 Å². The predicted octanol–water partition coefficient (Wildman–Crippen LogP) is 2.93. The number of phenolic OH excluding ortho intramolecular Hbond substituents is 1. The van der Waals surface area contributed by atoms with Crippen LogP contribution in [0.1, 0.15) is 31.2 Å². The molecule has 0 amide bonds. The number of carbonyl (C=O) groups excluding carboxylic acids is 2. The minimum atomic E-state index is -4.14. The van der Waals surface area contributed by atoms with Gasteiger partial charge in [-0.3, -0.25) is 14.9 Å². The minimum absolute atomic E-state index is 0.134. The van der Waals surface area contributed by atoms with Crippen molar-refractivity contribution in [1.29, 1.82) is 0 Å². The van der Waals surface area contributed by atoms with E-state index in [-0.39, 0.29) is 16.3 Å². The molecule has 0 saturated heterocycles. The molecule has 2 atom stereocenters. The number of Topliss-reactive ketones (excluding diaryl/α,β-unsaturated/α-hetero) is 2. The molecule has 2 aromatic rings. The average Bonchev–Trinajstić information content (AvgIpc) is 3.26. The molecule has 0 radical (unpaired) electrons. The van der Waals surface area contributed by atoms with E-state index in [9.17, 15) is 31.9 Å². The van der Waals surface area contributed by atoms with E-state index in [1.54, 1.807) is 0 Å². The highest BCUT2D eigenvalue weighted by atomic mass is 35.5. The third kappa shape index (κ3) is 4.20. The summed E-state index contributed by atoms with van der Waals surface area (Å²) >= 11 is 6.03. The lowest BCUT2D eigenvalue weighted by atomic mass is 9.78. The van der Waals surface area contributed by atoms with Crippen LogP contribution in [0.5, 0.6) is 5.75 Å². The fourth-order valence-corrected chi connectivity index (χ4v) is 6.25. The molecule has 3 N–H and O–H groups in total. The summed E-state index contributed by atoms with van der Waals surface area (Å²) in [4.78, 5) is 24.4. The van der Waals surface area contributed by atoms with Crippen molar-refractivity contribution in [2.45, 2.75) is 48.2 Å². The van der Waals surface area contributed by atoms with Gasteiger partial charge in [-0.05, 0) is 37.1 Å². The van der Waals surface area contributed by atoms with Gasteiger partial charge in [-0.25, -0.2) is 21.5 Å². The SMILES string of the molecule is CN(C)S(=O)(=O)c1c(Cl)ccc(NC2C(=O)C(=O)C2NC2(c3c(F)cccc3F)CCCC2)c1O. The second kappa shape index (κ2) is 9.12. The molecular weight excluding hydrogens is 504 g/mol. The molecule has 0 heterocycles. The van der Waals surface area contributed by atoms with Crippen LogP contribution in [0.3, 0.4) is 0 Å². The molecule has 0 spiro atoms. The number of rotatable bonds is 7. The lowest BCUT2D eigenvalue weighted by molar-refractivity contribution is -0.146. The Bertz CT molecular complexity index is 1290. The normalized spacial score (nSPS) is 21.9. The zero-order valence-electron chi connectivity index (χ0n) is 18.9. The van der Waals surface area contributed by atoms with Crippen molar-refractivity contribution in [3.8, 4) is 5.75 Å². The molecule has 35 heavy (non-hydrogen) atoms. The van der Waals surface area contributed by atoms with Gasteiger partial charge in [-0.2, -0.15) is 0 Å². The van der Waals surface area contributed by atoms with Gasteiger partial charge in [0.25, 0.3) is 0 Å². The second-order valence-electron chi connectivity index (χ2n) is 8.92. The predicted molar refractivity (Wildman–Crippen MR) is 125 cm³/mol. The van der Waals surface area contributed by atoms with Crippen LogP contribution < -0.4 is 10.6 Å². The number of sulfonamides is 1. The van der Waals surface area contributed by atoms with Crippen molar-refractivity contribution in [2.24, 2.45) is 0 Å². The third-order valence-electron chi connectivity index (χ3n) is 6.60. The molecule has 8 nitrogen and oxygen atoms in total.